The maximum atomic E-state index is 11.7. The van der Waals surface area contributed by atoms with Crippen molar-refractivity contribution in [1.29, 1.82) is 0 Å². The molecular formula is C11H16N2O2. The molecule has 0 aliphatic carbocycles. The fourth-order valence-electron chi connectivity index (χ4n) is 1.25. The van der Waals surface area contributed by atoms with Crippen molar-refractivity contribution in [2.45, 2.75) is 19.6 Å². The predicted molar refractivity (Wildman–Crippen MR) is 57.2 cm³/mol. The number of carbonyl (C=O) groups excluding carboxylic acids is 1. The molecule has 0 saturated carbocycles. The zero-order valence-electron chi connectivity index (χ0n) is 9.30. The fourth-order valence-corrected chi connectivity index (χ4v) is 1.25. The van der Waals surface area contributed by atoms with Gasteiger partial charge < -0.3 is 9.64 Å². The van der Waals surface area contributed by atoms with Gasteiger partial charge in [-0.1, -0.05) is 0 Å². The number of pyridine rings is 1. The van der Waals surface area contributed by atoms with Crippen LogP contribution in [0.4, 0.5) is 0 Å². The van der Waals surface area contributed by atoms with Crippen molar-refractivity contribution < 1.29 is 9.53 Å². The molecule has 1 unspecified atom stereocenters. The molecule has 1 amide bonds. The number of hydrogen-bond acceptors (Lipinski definition) is 3. The number of methoxy groups -OCH3 is 1. The zero-order valence-corrected chi connectivity index (χ0v) is 9.30. The summed E-state index contributed by atoms with van der Waals surface area (Å²) >= 11 is 0. The van der Waals surface area contributed by atoms with Gasteiger partial charge in [-0.05, 0) is 24.6 Å². The van der Waals surface area contributed by atoms with E-state index in [0.717, 1.165) is 5.56 Å². The Hall–Kier alpha value is -1.42. The van der Waals surface area contributed by atoms with Crippen molar-refractivity contribution in [3.05, 3.63) is 30.1 Å². The lowest BCUT2D eigenvalue weighted by Crippen LogP contribution is -2.35. The van der Waals surface area contributed by atoms with Crippen LogP contribution in [0.5, 0.6) is 0 Å². The van der Waals surface area contributed by atoms with E-state index >= 15 is 0 Å². The van der Waals surface area contributed by atoms with Crippen LogP contribution in [-0.2, 0) is 16.1 Å². The highest BCUT2D eigenvalue weighted by Crippen LogP contribution is 2.03. The van der Waals surface area contributed by atoms with Crippen LogP contribution < -0.4 is 0 Å². The van der Waals surface area contributed by atoms with E-state index < -0.39 is 6.10 Å². The Labute approximate surface area is 89.9 Å². The summed E-state index contributed by atoms with van der Waals surface area (Å²) in [4.78, 5) is 17.2. The summed E-state index contributed by atoms with van der Waals surface area (Å²) in [5, 5.41) is 0. The third-order valence-electron chi connectivity index (χ3n) is 2.25. The highest BCUT2D eigenvalue weighted by atomic mass is 16.5. The highest BCUT2D eigenvalue weighted by Gasteiger charge is 2.16. The molecule has 0 spiro atoms. The first-order valence-electron chi connectivity index (χ1n) is 4.82. The molecule has 0 aromatic carbocycles. The van der Waals surface area contributed by atoms with Crippen molar-refractivity contribution in [1.82, 2.24) is 9.88 Å². The third-order valence-corrected chi connectivity index (χ3v) is 2.25. The van der Waals surface area contributed by atoms with Crippen LogP contribution in [0.25, 0.3) is 0 Å². The van der Waals surface area contributed by atoms with E-state index in [2.05, 4.69) is 4.98 Å². The second-order valence-corrected chi connectivity index (χ2v) is 3.43. The normalized spacial score (nSPS) is 12.2. The number of aromatic nitrogens is 1. The number of ether oxygens (including phenoxy) is 1. The van der Waals surface area contributed by atoms with E-state index in [1.807, 2.05) is 12.1 Å². The van der Waals surface area contributed by atoms with Crippen LogP contribution >= 0.6 is 0 Å². The summed E-state index contributed by atoms with van der Waals surface area (Å²) in [6, 6.07) is 3.78. The van der Waals surface area contributed by atoms with Crippen molar-refractivity contribution in [2.24, 2.45) is 0 Å². The first kappa shape index (κ1) is 11.7. The van der Waals surface area contributed by atoms with Gasteiger partial charge in [-0.25, -0.2) is 0 Å². The molecule has 1 rings (SSSR count). The Morgan fingerprint density at radius 2 is 2.13 bits per heavy atom. The molecule has 0 saturated heterocycles. The molecule has 0 aliphatic heterocycles. The van der Waals surface area contributed by atoms with Gasteiger partial charge in [0.2, 0.25) is 0 Å². The summed E-state index contributed by atoms with van der Waals surface area (Å²) < 4.78 is 4.97. The number of carbonyl (C=O) groups is 1. The van der Waals surface area contributed by atoms with Crippen LogP contribution in [0.3, 0.4) is 0 Å². The van der Waals surface area contributed by atoms with Crippen LogP contribution in [-0.4, -0.2) is 36.1 Å². The largest absolute Gasteiger partial charge is 0.372 e. The Kier molecular flexibility index (Phi) is 4.24. The van der Waals surface area contributed by atoms with Crippen LogP contribution in [0.2, 0.25) is 0 Å². The van der Waals surface area contributed by atoms with Crippen LogP contribution in [0, 0.1) is 0 Å². The second kappa shape index (κ2) is 5.46. The minimum atomic E-state index is -0.392. The molecule has 82 valence electrons. The quantitative estimate of drug-likeness (QED) is 0.743. The lowest BCUT2D eigenvalue weighted by atomic mass is 10.2. The minimum Gasteiger partial charge on any atom is -0.372 e. The van der Waals surface area contributed by atoms with Gasteiger partial charge in [-0.15, -0.1) is 0 Å². The lowest BCUT2D eigenvalue weighted by Gasteiger charge is -2.20. The van der Waals surface area contributed by atoms with E-state index in [9.17, 15) is 4.79 Å². The van der Waals surface area contributed by atoms with E-state index in [1.165, 1.54) is 7.11 Å². The maximum Gasteiger partial charge on any atom is 0.251 e. The molecule has 1 heterocycles. The summed E-state index contributed by atoms with van der Waals surface area (Å²) in [6.45, 7) is 2.32. The monoisotopic (exact) mass is 208 g/mol. The Bertz CT molecular complexity index is 314. The summed E-state index contributed by atoms with van der Waals surface area (Å²) in [6.07, 6.45) is 3.04. The Balaban J connectivity index is 2.56. The lowest BCUT2D eigenvalue weighted by molar-refractivity contribution is -0.140. The van der Waals surface area contributed by atoms with Gasteiger partial charge in [-0.3, -0.25) is 9.78 Å². The average Bonchev–Trinajstić information content (AvgIpc) is 2.28. The molecule has 1 atom stereocenters. The van der Waals surface area contributed by atoms with Gasteiger partial charge in [0, 0.05) is 33.1 Å². The fraction of sp³-hybridized carbons (Fsp3) is 0.455. The van der Waals surface area contributed by atoms with Crippen molar-refractivity contribution in [3.63, 3.8) is 0 Å². The number of amides is 1. The van der Waals surface area contributed by atoms with E-state index in [-0.39, 0.29) is 5.91 Å². The third kappa shape index (κ3) is 3.32. The minimum absolute atomic E-state index is 0.0192. The summed E-state index contributed by atoms with van der Waals surface area (Å²) in [7, 11) is 3.29. The molecule has 1 aromatic rings. The molecular weight excluding hydrogens is 192 g/mol. The molecule has 0 fully saturated rings. The van der Waals surface area contributed by atoms with Gasteiger partial charge in [0.1, 0.15) is 6.10 Å². The molecule has 4 nitrogen and oxygen atoms in total. The van der Waals surface area contributed by atoms with Crippen molar-refractivity contribution in [3.8, 4) is 0 Å². The number of likely N-dealkylation sites (N-methyl/N-ethyl adjacent to an activating group) is 1. The molecule has 0 radical (unpaired) electrons. The first-order chi connectivity index (χ1) is 7.15. The molecule has 0 aliphatic rings. The van der Waals surface area contributed by atoms with Crippen molar-refractivity contribution in [2.75, 3.05) is 14.2 Å². The molecule has 1 aromatic heterocycles. The summed E-state index contributed by atoms with van der Waals surface area (Å²) in [5.74, 6) is -0.0192. The van der Waals surface area contributed by atoms with Gasteiger partial charge in [0.25, 0.3) is 5.91 Å². The van der Waals surface area contributed by atoms with Crippen LogP contribution in [0.15, 0.2) is 24.5 Å². The van der Waals surface area contributed by atoms with Crippen molar-refractivity contribution >= 4 is 5.91 Å². The average molecular weight is 208 g/mol. The summed E-state index contributed by atoms with van der Waals surface area (Å²) in [5.41, 5.74) is 1.06. The smallest absolute Gasteiger partial charge is 0.251 e. The van der Waals surface area contributed by atoms with Gasteiger partial charge in [0.15, 0.2) is 0 Å². The zero-order chi connectivity index (χ0) is 11.3. The van der Waals surface area contributed by atoms with E-state index in [0.29, 0.717) is 6.54 Å². The number of nitrogens with zero attached hydrogens (tertiary/aromatic N) is 2. The van der Waals surface area contributed by atoms with Gasteiger partial charge in [-0.2, -0.15) is 0 Å². The SMILES string of the molecule is COC(C)C(=O)N(C)Cc1ccncc1. The number of rotatable bonds is 4. The van der Waals surface area contributed by atoms with Gasteiger partial charge in [0.05, 0.1) is 0 Å². The predicted octanol–water partition coefficient (Wildman–Crippen LogP) is 1.07. The Morgan fingerprint density at radius 3 is 2.67 bits per heavy atom. The Morgan fingerprint density at radius 1 is 1.53 bits per heavy atom. The maximum absolute atomic E-state index is 11.7. The molecule has 0 bridgehead atoms. The highest BCUT2D eigenvalue weighted by molar-refractivity contribution is 5.80. The number of hydrogen-bond donors (Lipinski definition) is 0. The van der Waals surface area contributed by atoms with E-state index in [1.54, 1.807) is 31.3 Å². The standard InChI is InChI=1S/C11H16N2O2/c1-9(15-3)11(14)13(2)8-10-4-6-12-7-5-10/h4-7,9H,8H2,1-3H3. The van der Waals surface area contributed by atoms with E-state index in [4.69, 9.17) is 4.74 Å². The second-order valence-electron chi connectivity index (χ2n) is 3.43. The van der Waals surface area contributed by atoms with Crippen LogP contribution in [0.1, 0.15) is 12.5 Å². The molecule has 4 heteroatoms. The first-order valence-corrected chi connectivity index (χ1v) is 4.82. The van der Waals surface area contributed by atoms with Gasteiger partial charge >= 0.3 is 0 Å². The topological polar surface area (TPSA) is 42.4 Å². The molecule has 0 N–H and O–H groups in total. The molecule has 15 heavy (non-hydrogen) atoms.